The van der Waals surface area contributed by atoms with Crippen LogP contribution in [0.3, 0.4) is 0 Å². The molecular weight excluding hydrogens is 374 g/mol. The molecule has 0 spiro atoms. The van der Waals surface area contributed by atoms with E-state index >= 15 is 0 Å². The average Bonchev–Trinajstić information content (AvgIpc) is 3.02. The summed E-state index contributed by atoms with van der Waals surface area (Å²) in [4.78, 5) is 17.6. The van der Waals surface area contributed by atoms with Crippen LogP contribution in [0, 0.1) is 0 Å². The van der Waals surface area contributed by atoms with Crippen LogP contribution in [0.5, 0.6) is 5.75 Å². The van der Waals surface area contributed by atoms with Crippen molar-refractivity contribution < 1.29 is 17.9 Å². The van der Waals surface area contributed by atoms with Gasteiger partial charge in [-0.15, -0.1) is 11.3 Å². The first-order valence-corrected chi connectivity index (χ1v) is 10.7. The fraction of sp³-hybridized carbons (Fsp3) is 0.412. The highest BCUT2D eigenvalue weighted by molar-refractivity contribution is 7.89. The second-order valence-corrected chi connectivity index (χ2v) is 9.29. The monoisotopic (exact) mass is 395 g/mol. The van der Waals surface area contributed by atoms with Gasteiger partial charge in [-0.2, -0.15) is 4.31 Å². The molecule has 0 saturated heterocycles. The lowest BCUT2D eigenvalue weighted by Gasteiger charge is -2.24. The van der Waals surface area contributed by atoms with Crippen LogP contribution in [-0.4, -0.2) is 43.0 Å². The van der Waals surface area contributed by atoms with Crippen LogP contribution in [0.2, 0.25) is 0 Å². The smallest absolute Gasteiger partial charge is 0.230 e. The summed E-state index contributed by atoms with van der Waals surface area (Å²) in [5.74, 6) is 0.630. The molecule has 1 N–H and O–H groups in total. The van der Waals surface area contributed by atoms with Crippen LogP contribution in [0.25, 0.3) is 0 Å². The number of benzene rings is 1. The Hall–Kier alpha value is -1.97. The second kappa shape index (κ2) is 7.73. The number of thiazole rings is 1. The Morgan fingerprint density at radius 2 is 2.23 bits per heavy atom. The minimum atomic E-state index is -3.21. The van der Waals surface area contributed by atoms with Crippen LogP contribution in [0.1, 0.15) is 23.1 Å². The second-order valence-electron chi connectivity index (χ2n) is 5.95. The van der Waals surface area contributed by atoms with Gasteiger partial charge >= 0.3 is 0 Å². The molecule has 9 heteroatoms. The summed E-state index contributed by atoms with van der Waals surface area (Å²) in [5.41, 5.74) is 1.72. The number of carbonyl (C=O) groups is 1. The molecule has 1 aromatic heterocycles. The number of hydrogen-bond donors (Lipinski definition) is 1. The van der Waals surface area contributed by atoms with Gasteiger partial charge in [-0.05, 0) is 24.6 Å². The molecular formula is C17H21N3O4S2. The molecule has 3 rings (SSSR count). The molecule has 7 nitrogen and oxygen atoms in total. The maximum absolute atomic E-state index is 12.3. The third-order valence-electron chi connectivity index (χ3n) is 4.20. The van der Waals surface area contributed by atoms with Crippen molar-refractivity contribution in [2.24, 2.45) is 0 Å². The topological polar surface area (TPSA) is 88.6 Å². The van der Waals surface area contributed by atoms with Crippen LogP contribution in [-0.2, 0) is 34.2 Å². The zero-order chi connectivity index (χ0) is 18.7. The molecule has 0 radical (unpaired) electrons. The quantitative estimate of drug-likeness (QED) is 0.809. The number of amides is 1. The van der Waals surface area contributed by atoms with Crippen molar-refractivity contribution in [1.29, 1.82) is 0 Å². The zero-order valence-electron chi connectivity index (χ0n) is 14.7. The van der Waals surface area contributed by atoms with Crippen molar-refractivity contribution in [3.63, 3.8) is 0 Å². The van der Waals surface area contributed by atoms with E-state index in [1.807, 2.05) is 24.3 Å². The maximum atomic E-state index is 12.3. The lowest BCUT2D eigenvalue weighted by Crippen LogP contribution is -2.36. The highest BCUT2D eigenvalue weighted by Crippen LogP contribution is 2.29. The molecule has 0 fully saturated rings. The molecule has 1 aliphatic heterocycles. The first-order valence-electron chi connectivity index (χ1n) is 8.30. The third kappa shape index (κ3) is 4.22. The Morgan fingerprint density at radius 1 is 1.42 bits per heavy atom. The van der Waals surface area contributed by atoms with Gasteiger partial charge in [0.05, 0.1) is 25.0 Å². The molecule has 2 heterocycles. The van der Waals surface area contributed by atoms with Crippen molar-refractivity contribution in [1.82, 2.24) is 9.29 Å². The van der Waals surface area contributed by atoms with E-state index in [4.69, 9.17) is 4.74 Å². The Kier molecular flexibility index (Phi) is 5.59. The number of anilines is 1. The Labute approximate surface area is 157 Å². The molecule has 0 atom stereocenters. The van der Waals surface area contributed by atoms with Gasteiger partial charge in [0, 0.05) is 24.4 Å². The van der Waals surface area contributed by atoms with Gasteiger partial charge in [0.15, 0.2) is 5.13 Å². The molecule has 140 valence electrons. The average molecular weight is 396 g/mol. The number of sulfonamides is 1. The number of rotatable bonds is 6. The summed E-state index contributed by atoms with van der Waals surface area (Å²) in [6.45, 7) is 2.40. The van der Waals surface area contributed by atoms with E-state index in [2.05, 4.69) is 10.3 Å². The van der Waals surface area contributed by atoms with Gasteiger partial charge in [0.1, 0.15) is 5.75 Å². The minimum Gasteiger partial charge on any atom is -0.497 e. The fourth-order valence-electron chi connectivity index (χ4n) is 2.78. The van der Waals surface area contributed by atoms with E-state index in [1.165, 1.54) is 15.6 Å². The normalized spacial score (nSPS) is 14.7. The van der Waals surface area contributed by atoms with Crippen LogP contribution in [0.15, 0.2) is 24.3 Å². The van der Waals surface area contributed by atoms with Crippen molar-refractivity contribution in [3.05, 3.63) is 40.4 Å². The van der Waals surface area contributed by atoms with Gasteiger partial charge in [-0.3, -0.25) is 4.79 Å². The predicted molar refractivity (Wildman–Crippen MR) is 101 cm³/mol. The molecule has 2 aromatic rings. The number of ether oxygens (including phenoxy) is 1. The molecule has 1 amide bonds. The number of carbonyl (C=O) groups excluding carboxylic acids is 1. The van der Waals surface area contributed by atoms with Crippen molar-refractivity contribution >= 4 is 32.4 Å². The summed E-state index contributed by atoms with van der Waals surface area (Å²) >= 11 is 1.34. The highest BCUT2D eigenvalue weighted by atomic mass is 32.2. The van der Waals surface area contributed by atoms with E-state index < -0.39 is 10.0 Å². The largest absolute Gasteiger partial charge is 0.497 e. The Morgan fingerprint density at radius 3 is 2.96 bits per heavy atom. The predicted octanol–water partition coefficient (Wildman–Crippen LogP) is 2.04. The van der Waals surface area contributed by atoms with E-state index in [-0.39, 0.29) is 18.1 Å². The molecule has 26 heavy (non-hydrogen) atoms. The number of methoxy groups -OCH3 is 1. The van der Waals surface area contributed by atoms with Crippen LogP contribution < -0.4 is 10.1 Å². The van der Waals surface area contributed by atoms with Crippen molar-refractivity contribution in [2.45, 2.75) is 26.3 Å². The number of nitrogens with zero attached hydrogens (tertiary/aromatic N) is 2. The van der Waals surface area contributed by atoms with Gasteiger partial charge < -0.3 is 10.1 Å². The summed E-state index contributed by atoms with van der Waals surface area (Å²) in [6, 6.07) is 7.35. The number of hydrogen-bond acceptors (Lipinski definition) is 6. The lowest BCUT2D eigenvalue weighted by atomic mass is 10.1. The first kappa shape index (κ1) is 18.8. The Bertz CT molecular complexity index is 908. The molecule has 0 saturated carbocycles. The third-order valence-corrected chi connectivity index (χ3v) is 7.03. The summed E-state index contributed by atoms with van der Waals surface area (Å²) < 4.78 is 30.7. The van der Waals surface area contributed by atoms with E-state index in [9.17, 15) is 13.2 Å². The maximum Gasteiger partial charge on any atom is 0.230 e. The number of aromatic nitrogens is 1. The summed E-state index contributed by atoms with van der Waals surface area (Å²) in [5, 5.41) is 3.32. The van der Waals surface area contributed by atoms with Gasteiger partial charge in [0.2, 0.25) is 15.9 Å². The van der Waals surface area contributed by atoms with Gasteiger partial charge in [-0.25, -0.2) is 13.4 Å². The molecule has 1 aliphatic rings. The van der Waals surface area contributed by atoms with E-state index in [0.717, 1.165) is 16.1 Å². The minimum absolute atomic E-state index is 0.0886. The van der Waals surface area contributed by atoms with Gasteiger partial charge in [0.25, 0.3) is 0 Å². The van der Waals surface area contributed by atoms with Crippen LogP contribution >= 0.6 is 11.3 Å². The van der Waals surface area contributed by atoms with Crippen molar-refractivity contribution in [2.75, 3.05) is 24.7 Å². The fourth-order valence-corrected chi connectivity index (χ4v) is 4.96. The van der Waals surface area contributed by atoms with E-state index in [0.29, 0.717) is 30.4 Å². The summed E-state index contributed by atoms with van der Waals surface area (Å²) in [7, 11) is -1.63. The highest BCUT2D eigenvalue weighted by Gasteiger charge is 2.28. The molecule has 0 bridgehead atoms. The van der Waals surface area contributed by atoms with Crippen LogP contribution in [0.4, 0.5) is 5.13 Å². The molecule has 0 aliphatic carbocycles. The zero-order valence-corrected chi connectivity index (χ0v) is 16.3. The number of fused-ring (bicyclic) bond motifs is 1. The standard InChI is InChI=1S/C17H21N3O4S2/c1-3-26(22,23)20-8-7-14-15(11-20)25-17(18-14)19-16(21)10-12-5-4-6-13(9-12)24-2/h4-6,9H,3,7-8,10-11H2,1-2H3,(H,18,19,21). The molecule has 0 unspecified atom stereocenters. The summed E-state index contributed by atoms with van der Waals surface area (Å²) in [6.07, 6.45) is 0.786. The lowest BCUT2D eigenvalue weighted by molar-refractivity contribution is -0.115. The SMILES string of the molecule is CCS(=O)(=O)N1CCc2nc(NC(=O)Cc3cccc(OC)c3)sc2C1. The Balaban J connectivity index is 1.66. The molecule has 1 aromatic carbocycles. The van der Waals surface area contributed by atoms with Gasteiger partial charge in [-0.1, -0.05) is 12.1 Å². The number of nitrogens with one attached hydrogen (secondary N) is 1. The van der Waals surface area contributed by atoms with E-state index in [1.54, 1.807) is 14.0 Å². The first-order chi connectivity index (χ1) is 12.4. The van der Waals surface area contributed by atoms with Crippen molar-refractivity contribution in [3.8, 4) is 5.75 Å².